The minimum Gasteiger partial charge on any atom is -0.508 e. The van der Waals surface area contributed by atoms with Crippen LogP contribution < -0.4 is 10.1 Å². The fraction of sp³-hybridized carbons (Fsp3) is 0.357. The van der Waals surface area contributed by atoms with Crippen molar-refractivity contribution >= 4 is 22.6 Å². The molecule has 1 aromatic heterocycles. The lowest BCUT2D eigenvalue weighted by Crippen LogP contribution is -2.42. The van der Waals surface area contributed by atoms with E-state index in [0.717, 1.165) is 48.2 Å². The molecule has 2 unspecified atom stereocenters. The van der Waals surface area contributed by atoms with Crippen LogP contribution in [0, 0.1) is 0 Å². The normalized spacial score (nSPS) is 20.3. The van der Waals surface area contributed by atoms with Crippen molar-refractivity contribution in [2.24, 2.45) is 4.99 Å². The van der Waals surface area contributed by atoms with Gasteiger partial charge in [-0.05, 0) is 47.7 Å². The van der Waals surface area contributed by atoms with E-state index in [1.165, 1.54) is 5.56 Å². The summed E-state index contributed by atoms with van der Waals surface area (Å²) >= 11 is 1.80. The number of nitrogens with one attached hydrogen (secondary N) is 1. The molecule has 1 saturated heterocycles. The van der Waals surface area contributed by atoms with E-state index in [1.54, 1.807) is 30.1 Å². The van der Waals surface area contributed by atoms with Gasteiger partial charge in [0.2, 0.25) is 5.88 Å². The van der Waals surface area contributed by atoms with Gasteiger partial charge in [-0.1, -0.05) is 62.9 Å². The Morgan fingerprint density at radius 3 is 2.69 bits per heavy atom. The van der Waals surface area contributed by atoms with Crippen LogP contribution in [-0.4, -0.2) is 44.5 Å². The third-order valence-electron chi connectivity index (χ3n) is 6.41. The third-order valence-corrected chi connectivity index (χ3v) is 7.61. The highest BCUT2D eigenvalue weighted by atomic mass is 32.2. The van der Waals surface area contributed by atoms with Crippen LogP contribution in [0.2, 0.25) is 0 Å². The minimum atomic E-state index is -0.0357. The number of rotatable bonds is 5. The van der Waals surface area contributed by atoms with E-state index in [4.69, 9.17) is 9.73 Å². The first-order valence-corrected chi connectivity index (χ1v) is 13.0. The molecule has 0 spiro atoms. The van der Waals surface area contributed by atoms with Crippen LogP contribution >= 0.6 is 11.8 Å². The van der Waals surface area contributed by atoms with Crippen molar-refractivity contribution in [1.29, 1.82) is 0 Å². The highest BCUT2D eigenvalue weighted by molar-refractivity contribution is 8.15. The molecule has 7 heteroatoms. The van der Waals surface area contributed by atoms with E-state index in [2.05, 4.69) is 42.0 Å². The van der Waals surface area contributed by atoms with Crippen molar-refractivity contribution in [2.75, 3.05) is 18.4 Å². The van der Waals surface area contributed by atoms with Crippen molar-refractivity contribution in [1.82, 2.24) is 9.88 Å². The zero-order valence-corrected chi connectivity index (χ0v) is 21.3. The van der Waals surface area contributed by atoms with Crippen LogP contribution in [0.4, 0.5) is 5.69 Å². The number of thioether (sulfide) groups is 1. The number of phenolic OH excluding ortho intramolecular Hbond substituents is 1. The summed E-state index contributed by atoms with van der Waals surface area (Å²) in [6, 6.07) is 19.9. The van der Waals surface area contributed by atoms with E-state index >= 15 is 0 Å². The molecular formula is C28H32N4O2S. The third kappa shape index (κ3) is 5.63. The van der Waals surface area contributed by atoms with Gasteiger partial charge in [0.15, 0.2) is 5.17 Å². The summed E-state index contributed by atoms with van der Waals surface area (Å²) in [7, 11) is 0. The molecule has 35 heavy (non-hydrogen) atoms. The summed E-state index contributed by atoms with van der Waals surface area (Å²) < 4.78 is 6.32. The van der Waals surface area contributed by atoms with E-state index < -0.39 is 0 Å². The lowest BCUT2D eigenvalue weighted by atomic mass is 9.86. The standard InChI is InChI=1S/C28H32N4O2S/c1-28(2,3)21-7-4-5-9-24(21)34-26-23(8-6-15-29-26)31-27-30-22-14-16-32(18-25(22)35-27)17-19-10-12-20(33)13-11-19/h4-13,15,22,25,33H,14,16-18H2,1-3H3,(H,30,31). The summed E-state index contributed by atoms with van der Waals surface area (Å²) in [6.07, 6.45) is 2.79. The molecule has 0 aliphatic carbocycles. The molecule has 2 N–H and O–H groups in total. The molecule has 5 rings (SSSR count). The average Bonchev–Trinajstić information content (AvgIpc) is 3.23. The zero-order valence-electron chi connectivity index (χ0n) is 20.4. The van der Waals surface area contributed by atoms with Crippen LogP contribution in [0.5, 0.6) is 17.4 Å². The maximum absolute atomic E-state index is 9.53. The number of pyridine rings is 1. The predicted molar refractivity (Wildman–Crippen MR) is 144 cm³/mol. The van der Waals surface area contributed by atoms with Gasteiger partial charge in [-0.3, -0.25) is 9.89 Å². The second kappa shape index (κ2) is 9.91. The number of hydrogen-bond acceptors (Lipinski definition) is 7. The number of ether oxygens (including phenoxy) is 1. The lowest BCUT2D eigenvalue weighted by molar-refractivity contribution is 0.214. The van der Waals surface area contributed by atoms with Crippen molar-refractivity contribution in [2.45, 2.75) is 50.4 Å². The summed E-state index contributed by atoms with van der Waals surface area (Å²) in [5, 5.41) is 14.4. The number of likely N-dealkylation sites (tertiary alicyclic amines) is 1. The summed E-state index contributed by atoms with van der Waals surface area (Å²) in [4.78, 5) is 12.0. The molecule has 1 fully saturated rings. The highest BCUT2D eigenvalue weighted by Crippen LogP contribution is 2.38. The number of amidine groups is 1. The molecule has 6 nitrogen and oxygen atoms in total. The molecule has 2 atom stereocenters. The lowest BCUT2D eigenvalue weighted by Gasteiger charge is -2.33. The fourth-order valence-corrected chi connectivity index (χ4v) is 5.87. The van der Waals surface area contributed by atoms with Crippen LogP contribution in [0.3, 0.4) is 0 Å². The number of benzene rings is 2. The van der Waals surface area contributed by atoms with E-state index in [0.29, 0.717) is 22.9 Å². The largest absolute Gasteiger partial charge is 0.508 e. The number of piperidine rings is 1. The Morgan fingerprint density at radius 2 is 1.89 bits per heavy atom. The van der Waals surface area contributed by atoms with Gasteiger partial charge in [0, 0.05) is 36.6 Å². The molecule has 2 aromatic carbocycles. The molecule has 2 aliphatic rings. The van der Waals surface area contributed by atoms with Crippen LogP contribution in [0.15, 0.2) is 71.9 Å². The quantitative estimate of drug-likeness (QED) is 0.457. The van der Waals surface area contributed by atoms with Gasteiger partial charge >= 0.3 is 0 Å². The molecular weight excluding hydrogens is 456 g/mol. The van der Waals surface area contributed by atoms with Crippen LogP contribution in [0.25, 0.3) is 0 Å². The highest BCUT2D eigenvalue weighted by Gasteiger charge is 2.35. The summed E-state index contributed by atoms with van der Waals surface area (Å²) in [5.41, 5.74) is 3.15. The first-order chi connectivity index (χ1) is 16.8. The van der Waals surface area contributed by atoms with Gasteiger partial charge in [0.05, 0.1) is 6.04 Å². The summed E-state index contributed by atoms with van der Waals surface area (Å²) in [6.45, 7) is 9.45. The number of anilines is 1. The number of hydrogen-bond donors (Lipinski definition) is 2. The number of aliphatic imine (C=N–C) groups is 1. The molecule has 3 heterocycles. The van der Waals surface area contributed by atoms with Gasteiger partial charge in [-0.2, -0.15) is 0 Å². The number of phenols is 1. The fourth-order valence-electron chi connectivity index (χ4n) is 4.58. The van der Waals surface area contributed by atoms with Crippen molar-refractivity contribution in [3.8, 4) is 17.4 Å². The second-order valence-corrected chi connectivity index (χ2v) is 11.4. The molecule has 0 saturated carbocycles. The van der Waals surface area contributed by atoms with E-state index in [1.807, 2.05) is 42.5 Å². The number of nitrogens with zero attached hydrogens (tertiary/aromatic N) is 3. The summed E-state index contributed by atoms with van der Waals surface area (Å²) in [5.74, 6) is 1.68. The topological polar surface area (TPSA) is 70.0 Å². The monoisotopic (exact) mass is 488 g/mol. The molecule has 2 aliphatic heterocycles. The molecule has 0 bridgehead atoms. The maximum Gasteiger partial charge on any atom is 0.243 e. The maximum atomic E-state index is 9.53. The van der Waals surface area contributed by atoms with Gasteiger partial charge < -0.3 is 15.2 Å². The second-order valence-electron chi connectivity index (χ2n) is 10.2. The van der Waals surface area contributed by atoms with Crippen molar-refractivity contribution in [3.05, 3.63) is 78.0 Å². The van der Waals surface area contributed by atoms with E-state index in [9.17, 15) is 5.11 Å². The van der Waals surface area contributed by atoms with Gasteiger partial charge in [-0.25, -0.2) is 4.98 Å². The average molecular weight is 489 g/mol. The Kier molecular flexibility index (Phi) is 6.71. The predicted octanol–water partition coefficient (Wildman–Crippen LogP) is 6.03. The Morgan fingerprint density at radius 1 is 1.09 bits per heavy atom. The Hall–Kier alpha value is -3.03. The Balaban J connectivity index is 1.25. The molecule has 3 aromatic rings. The number of para-hydroxylation sites is 1. The van der Waals surface area contributed by atoms with Gasteiger partial charge in [-0.15, -0.1) is 0 Å². The van der Waals surface area contributed by atoms with Crippen molar-refractivity contribution in [3.63, 3.8) is 0 Å². The smallest absolute Gasteiger partial charge is 0.243 e. The molecule has 182 valence electrons. The van der Waals surface area contributed by atoms with E-state index in [-0.39, 0.29) is 5.41 Å². The SMILES string of the molecule is CC(C)(C)c1ccccc1Oc1ncccc1NC1=NC2CCN(Cc3ccc(O)cc3)CC2S1. The molecule has 0 amide bonds. The Labute approximate surface area is 211 Å². The first-order valence-electron chi connectivity index (χ1n) is 12.1. The van der Waals surface area contributed by atoms with Crippen molar-refractivity contribution < 1.29 is 9.84 Å². The zero-order chi connectivity index (χ0) is 24.4. The molecule has 0 radical (unpaired) electrons. The minimum absolute atomic E-state index is 0.0357. The first kappa shape index (κ1) is 23.7. The Bertz CT molecular complexity index is 1210. The number of fused-ring (bicyclic) bond motifs is 1. The van der Waals surface area contributed by atoms with Crippen LogP contribution in [-0.2, 0) is 12.0 Å². The number of aromatic hydroxyl groups is 1. The van der Waals surface area contributed by atoms with Crippen LogP contribution in [0.1, 0.15) is 38.3 Å². The van der Waals surface area contributed by atoms with Gasteiger partial charge in [0.1, 0.15) is 17.2 Å². The van der Waals surface area contributed by atoms with Gasteiger partial charge in [0.25, 0.3) is 0 Å². The number of aromatic nitrogens is 1.